The summed E-state index contributed by atoms with van der Waals surface area (Å²) >= 11 is 5.56. The Balaban J connectivity index is 1.79. The maximum Gasteiger partial charge on any atom is 0.341 e. The van der Waals surface area contributed by atoms with Gasteiger partial charge in [-0.15, -0.1) is 28.1 Å². The van der Waals surface area contributed by atoms with Gasteiger partial charge in [0.25, 0.3) is 5.91 Å². The van der Waals surface area contributed by atoms with Gasteiger partial charge in [0.05, 0.1) is 22.3 Å². The number of anilines is 1. The molecule has 0 aliphatic rings. The van der Waals surface area contributed by atoms with Gasteiger partial charge in [-0.3, -0.25) is 14.2 Å². The highest BCUT2D eigenvalue weighted by Gasteiger charge is 2.26. The van der Waals surface area contributed by atoms with Gasteiger partial charge in [-0.05, 0) is 38.5 Å². The Bertz CT molecular complexity index is 1270. The predicted octanol–water partition coefficient (Wildman–Crippen LogP) is 4.66. The Morgan fingerprint density at radius 1 is 1.29 bits per heavy atom. The lowest BCUT2D eigenvalue weighted by molar-refractivity contribution is -0.113. The van der Waals surface area contributed by atoms with Crippen LogP contribution in [0.4, 0.5) is 5.00 Å². The van der Waals surface area contributed by atoms with Crippen LogP contribution in [0.25, 0.3) is 11.4 Å². The van der Waals surface area contributed by atoms with Gasteiger partial charge in [0.1, 0.15) is 5.00 Å². The summed E-state index contributed by atoms with van der Waals surface area (Å²) in [6.45, 7) is 9.28. The maximum absolute atomic E-state index is 12.8. The molecule has 0 spiro atoms. The zero-order chi connectivity index (χ0) is 25.7. The van der Waals surface area contributed by atoms with Crippen LogP contribution in [0.5, 0.6) is 0 Å². The van der Waals surface area contributed by atoms with Gasteiger partial charge in [0.2, 0.25) is 5.91 Å². The summed E-state index contributed by atoms with van der Waals surface area (Å²) < 4.78 is 8.09. The van der Waals surface area contributed by atoms with Crippen molar-refractivity contribution in [2.75, 3.05) is 11.1 Å². The first-order chi connectivity index (χ1) is 16.6. The molecule has 12 heteroatoms. The van der Waals surface area contributed by atoms with E-state index < -0.39 is 11.9 Å². The van der Waals surface area contributed by atoms with Gasteiger partial charge in [-0.25, -0.2) is 4.79 Å². The summed E-state index contributed by atoms with van der Waals surface area (Å²) in [5, 5.41) is 12.0. The lowest BCUT2D eigenvalue weighted by Gasteiger charge is -2.10. The Morgan fingerprint density at radius 3 is 2.57 bits per heavy atom. The number of hydrogen-bond acceptors (Lipinski definition) is 8. The second-order valence-electron chi connectivity index (χ2n) is 7.63. The number of carbonyl (C=O) groups is 3. The Hall–Kier alpha value is -2.96. The van der Waals surface area contributed by atoms with Crippen LogP contribution in [0.2, 0.25) is 0 Å². The van der Waals surface area contributed by atoms with Crippen molar-refractivity contribution in [1.82, 2.24) is 14.8 Å². The van der Waals surface area contributed by atoms with E-state index in [1.165, 1.54) is 11.8 Å². The van der Waals surface area contributed by atoms with E-state index in [4.69, 9.17) is 10.5 Å². The lowest BCUT2D eigenvalue weighted by Crippen LogP contribution is -2.18. The second kappa shape index (κ2) is 11.6. The summed E-state index contributed by atoms with van der Waals surface area (Å²) in [6, 6.07) is 7.66. The van der Waals surface area contributed by atoms with Crippen LogP contribution in [0.15, 0.2) is 46.5 Å². The molecule has 0 saturated carbocycles. The van der Waals surface area contributed by atoms with E-state index in [-0.39, 0.29) is 33.2 Å². The van der Waals surface area contributed by atoms with E-state index >= 15 is 0 Å². The molecule has 9 nitrogen and oxygen atoms in total. The largest absolute Gasteiger partial charge is 0.459 e. The molecule has 0 atom stereocenters. The molecular weight excluding hydrogens is 554 g/mol. The molecule has 3 rings (SSSR count). The van der Waals surface area contributed by atoms with Crippen LogP contribution in [0.1, 0.15) is 39.4 Å². The number of rotatable bonds is 10. The molecule has 1 aromatic carbocycles. The molecule has 0 aliphatic heterocycles. The van der Waals surface area contributed by atoms with E-state index in [0.717, 1.165) is 21.4 Å². The zero-order valence-electron chi connectivity index (χ0n) is 19.3. The number of halogens is 1. The molecular formula is C23H24BrN5O4S2. The fraction of sp³-hybridized carbons (Fsp3) is 0.261. The zero-order valence-corrected chi connectivity index (χ0v) is 22.6. The van der Waals surface area contributed by atoms with Crippen molar-refractivity contribution in [3.63, 3.8) is 0 Å². The topological polar surface area (TPSA) is 129 Å². The number of benzene rings is 1. The Morgan fingerprint density at radius 2 is 1.97 bits per heavy atom. The highest BCUT2D eigenvalue weighted by atomic mass is 79.9. The SMILES string of the molecule is C=CCn1c(SCC(=O)Nc2sc(C(N)=O)c(C)c2C(=O)OC(C)C)nnc1-c1ccc(Br)cc1. The number of carbonyl (C=O) groups excluding carboxylic acids is 3. The van der Waals surface area contributed by atoms with Crippen LogP contribution in [0.3, 0.4) is 0 Å². The molecule has 0 saturated heterocycles. The summed E-state index contributed by atoms with van der Waals surface area (Å²) in [5.74, 6) is -1.05. The number of thiophene rings is 1. The van der Waals surface area contributed by atoms with E-state index in [1.807, 2.05) is 28.8 Å². The van der Waals surface area contributed by atoms with Gasteiger partial charge in [0, 0.05) is 16.6 Å². The minimum Gasteiger partial charge on any atom is -0.459 e. The molecule has 0 aliphatic carbocycles. The average molecular weight is 579 g/mol. The summed E-state index contributed by atoms with van der Waals surface area (Å²) in [5.41, 5.74) is 6.82. The molecule has 35 heavy (non-hydrogen) atoms. The van der Waals surface area contributed by atoms with Gasteiger partial charge in [-0.2, -0.15) is 0 Å². The van der Waals surface area contributed by atoms with E-state index in [2.05, 4.69) is 38.0 Å². The fourth-order valence-electron chi connectivity index (χ4n) is 3.15. The number of allylic oxidation sites excluding steroid dienone is 1. The van der Waals surface area contributed by atoms with E-state index in [1.54, 1.807) is 26.8 Å². The predicted molar refractivity (Wildman–Crippen MR) is 141 cm³/mol. The van der Waals surface area contributed by atoms with Gasteiger partial charge < -0.3 is 15.8 Å². The third-order valence-electron chi connectivity index (χ3n) is 4.63. The molecule has 0 radical (unpaired) electrons. The number of nitrogens with two attached hydrogens (primary N) is 1. The third-order valence-corrected chi connectivity index (χ3v) is 7.35. The molecule has 0 unspecified atom stereocenters. The monoisotopic (exact) mass is 577 g/mol. The van der Waals surface area contributed by atoms with Crippen molar-refractivity contribution in [1.29, 1.82) is 0 Å². The number of thioether (sulfide) groups is 1. The number of primary amides is 1. The number of ether oxygens (including phenoxy) is 1. The molecule has 3 N–H and O–H groups in total. The molecule has 2 amide bonds. The standard InChI is InChI=1S/C23H24BrN5O4S2/c1-5-10-29-20(14-6-8-15(24)9-7-14)27-28-23(29)34-11-16(30)26-21-17(22(32)33-12(2)3)13(4)18(35-21)19(25)31/h5-9,12H,1,10-11H2,2-4H3,(H2,25,31)(H,26,30). The lowest BCUT2D eigenvalue weighted by atomic mass is 10.1. The molecule has 2 heterocycles. The number of hydrogen-bond donors (Lipinski definition) is 2. The normalized spacial score (nSPS) is 10.9. The summed E-state index contributed by atoms with van der Waals surface area (Å²) in [7, 11) is 0. The van der Waals surface area contributed by atoms with Crippen molar-refractivity contribution >= 4 is 61.8 Å². The molecule has 3 aromatic rings. The van der Waals surface area contributed by atoms with Crippen LogP contribution in [-0.2, 0) is 16.1 Å². The maximum atomic E-state index is 12.8. The first-order valence-electron chi connectivity index (χ1n) is 10.5. The smallest absolute Gasteiger partial charge is 0.341 e. The second-order valence-corrected chi connectivity index (χ2v) is 10.5. The summed E-state index contributed by atoms with van der Waals surface area (Å²) in [4.78, 5) is 37.4. The Labute approximate surface area is 219 Å². The quantitative estimate of drug-likeness (QED) is 0.203. The highest BCUT2D eigenvalue weighted by Crippen LogP contribution is 2.34. The first kappa shape index (κ1) is 26.6. The third kappa shape index (κ3) is 6.38. The average Bonchev–Trinajstić information content (AvgIpc) is 3.33. The van der Waals surface area contributed by atoms with Crippen molar-refractivity contribution in [3.05, 3.63) is 57.4 Å². The number of nitrogens with zero attached hydrogens (tertiary/aromatic N) is 3. The number of esters is 1. The van der Waals surface area contributed by atoms with Crippen LogP contribution >= 0.6 is 39.0 Å². The molecule has 0 bridgehead atoms. The fourth-order valence-corrected chi connectivity index (χ4v) is 5.23. The van der Waals surface area contributed by atoms with Gasteiger partial charge in [0.15, 0.2) is 11.0 Å². The van der Waals surface area contributed by atoms with Crippen LogP contribution < -0.4 is 11.1 Å². The van der Waals surface area contributed by atoms with Crippen molar-refractivity contribution in [2.45, 2.75) is 38.6 Å². The van der Waals surface area contributed by atoms with Gasteiger partial charge in [-0.1, -0.05) is 45.9 Å². The van der Waals surface area contributed by atoms with E-state index in [9.17, 15) is 14.4 Å². The van der Waals surface area contributed by atoms with Crippen LogP contribution in [0, 0.1) is 6.92 Å². The number of aromatic nitrogens is 3. The summed E-state index contributed by atoms with van der Waals surface area (Å²) in [6.07, 6.45) is 1.36. The molecule has 0 fully saturated rings. The number of nitrogens with one attached hydrogen (secondary N) is 1. The number of amides is 2. The molecule has 2 aromatic heterocycles. The first-order valence-corrected chi connectivity index (χ1v) is 13.1. The van der Waals surface area contributed by atoms with Crippen molar-refractivity contribution in [3.8, 4) is 11.4 Å². The molecule has 184 valence electrons. The highest BCUT2D eigenvalue weighted by molar-refractivity contribution is 9.10. The minimum atomic E-state index is -0.682. The van der Waals surface area contributed by atoms with Gasteiger partial charge >= 0.3 is 5.97 Å². The minimum absolute atomic E-state index is 0.00284. The van der Waals surface area contributed by atoms with Crippen LogP contribution in [-0.4, -0.2) is 44.4 Å². The van der Waals surface area contributed by atoms with E-state index in [0.29, 0.717) is 23.1 Å². The Kier molecular flexibility index (Phi) is 8.87. The van der Waals surface area contributed by atoms with Crippen molar-refractivity contribution < 1.29 is 19.1 Å². The van der Waals surface area contributed by atoms with Crippen molar-refractivity contribution in [2.24, 2.45) is 5.73 Å².